The van der Waals surface area contributed by atoms with Crippen molar-refractivity contribution < 1.29 is 9.84 Å². The zero-order valence-electron chi connectivity index (χ0n) is 19.2. The number of hydrogen-bond donors (Lipinski definition) is 2. The number of pyridine rings is 1. The van der Waals surface area contributed by atoms with E-state index in [0.29, 0.717) is 31.1 Å². The molecule has 9 nitrogen and oxygen atoms in total. The van der Waals surface area contributed by atoms with Gasteiger partial charge in [0.05, 0.1) is 55.0 Å². The van der Waals surface area contributed by atoms with Crippen LogP contribution in [0, 0.1) is 0 Å². The van der Waals surface area contributed by atoms with Gasteiger partial charge in [0, 0.05) is 35.1 Å². The fourth-order valence-electron chi connectivity index (χ4n) is 4.93. The van der Waals surface area contributed by atoms with Crippen molar-refractivity contribution in [2.24, 2.45) is 0 Å². The molecule has 0 spiro atoms. The van der Waals surface area contributed by atoms with Gasteiger partial charge in [-0.25, -0.2) is 9.50 Å². The van der Waals surface area contributed by atoms with E-state index in [1.807, 2.05) is 39.8 Å². The van der Waals surface area contributed by atoms with Crippen molar-refractivity contribution in [1.29, 1.82) is 0 Å². The molecule has 0 aromatic carbocycles. The van der Waals surface area contributed by atoms with E-state index in [-0.39, 0.29) is 12.1 Å². The number of nitrogens with zero attached hydrogens (tertiary/aromatic N) is 6. The first-order valence-corrected chi connectivity index (χ1v) is 12.0. The van der Waals surface area contributed by atoms with E-state index in [4.69, 9.17) is 9.84 Å². The van der Waals surface area contributed by atoms with Crippen molar-refractivity contribution in [3.05, 3.63) is 60.4 Å². The van der Waals surface area contributed by atoms with Gasteiger partial charge in [0.25, 0.3) is 0 Å². The molecule has 1 saturated heterocycles. The molecule has 0 amide bonds. The number of aliphatic hydroxyl groups excluding tert-OH is 1. The minimum atomic E-state index is -0.198. The van der Waals surface area contributed by atoms with Crippen LogP contribution in [0.2, 0.25) is 0 Å². The molecule has 2 N–H and O–H groups in total. The molecule has 2 fully saturated rings. The first-order valence-electron chi connectivity index (χ1n) is 12.0. The normalized spacial score (nSPS) is 21.9. The molecule has 0 bridgehead atoms. The summed E-state index contributed by atoms with van der Waals surface area (Å²) in [5.74, 6) is 0.905. The summed E-state index contributed by atoms with van der Waals surface area (Å²) in [6, 6.07) is 8.40. The number of ether oxygens (including phenoxy) is 1. The molecular weight excluding hydrogens is 430 g/mol. The molecule has 1 saturated carbocycles. The van der Waals surface area contributed by atoms with Gasteiger partial charge in [-0.1, -0.05) is 6.07 Å². The number of rotatable bonds is 6. The zero-order valence-corrected chi connectivity index (χ0v) is 19.2. The van der Waals surface area contributed by atoms with E-state index in [1.54, 1.807) is 6.20 Å². The maximum atomic E-state index is 10.0. The summed E-state index contributed by atoms with van der Waals surface area (Å²) in [7, 11) is 0. The molecule has 4 aromatic heterocycles. The number of hydrogen-bond acceptors (Lipinski definition) is 7. The van der Waals surface area contributed by atoms with Gasteiger partial charge < -0.3 is 15.2 Å². The molecule has 0 unspecified atom stereocenters. The topological polar surface area (TPSA) is 102 Å². The second-order valence-electron chi connectivity index (χ2n) is 9.39. The summed E-state index contributed by atoms with van der Waals surface area (Å²) in [5.41, 5.74) is 5.19. The highest BCUT2D eigenvalue weighted by Crippen LogP contribution is 2.38. The lowest BCUT2D eigenvalue weighted by Gasteiger charge is -2.25. The highest BCUT2D eigenvalue weighted by Gasteiger charge is 2.27. The Morgan fingerprint density at radius 3 is 2.71 bits per heavy atom. The Hall–Kier alpha value is -3.30. The van der Waals surface area contributed by atoms with E-state index in [2.05, 4.69) is 39.6 Å². The van der Waals surface area contributed by atoms with Crippen molar-refractivity contribution in [1.82, 2.24) is 29.4 Å². The van der Waals surface area contributed by atoms with E-state index < -0.39 is 0 Å². The second-order valence-corrected chi connectivity index (χ2v) is 9.39. The van der Waals surface area contributed by atoms with Crippen LogP contribution in [0.25, 0.3) is 16.6 Å². The third-order valence-corrected chi connectivity index (χ3v) is 7.04. The van der Waals surface area contributed by atoms with Gasteiger partial charge in [0.15, 0.2) is 0 Å². The maximum Gasteiger partial charge on any atom is 0.241 e. The molecule has 0 radical (unpaired) electrons. The average Bonchev–Trinajstić information content (AvgIpc) is 3.44. The molecule has 1 aliphatic heterocycles. The summed E-state index contributed by atoms with van der Waals surface area (Å²) >= 11 is 0. The molecule has 2 aliphatic rings. The van der Waals surface area contributed by atoms with E-state index in [9.17, 15) is 5.11 Å². The van der Waals surface area contributed by atoms with Crippen LogP contribution in [0.4, 0.5) is 5.95 Å². The van der Waals surface area contributed by atoms with Gasteiger partial charge in [0.2, 0.25) is 5.95 Å². The Morgan fingerprint density at radius 1 is 1.12 bits per heavy atom. The van der Waals surface area contributed by atoms with Gasteiger partial charge in [-0.2, -0.15) is 5.10 Å². The van der Waals surface area contributed by atoms with Crippen molar-refractivity contribution in [2.45, 2.75) is 56.7 Å². The number of aromatic nitrogens is 6. The number of fused-ring (bicyclic) bond motifs is 1. The highest BCUT2D eigenvalue weighted by atomic mass is 16.5. The van der Waals surface area contributed by atoms with Crippen LogP contribution in [-0.4, -0.2) is 53.8 Å². The fraction of sp³-hybridized carbons (Fsp3) is 0.440. The van der Waals surface area contributed by atoms with Crippen LogP contribution < -0.4 is 5.32 Å². The van der Waals surface area contributed by atoms with Crippen LogP contribution in [0.15, 0.2) is 49.1 Å². The van der Waals surface area contributed by atoms with Gasteiger partial charge in [-0.3, -0.25) is 9.67 Å². The van der Waals surface area contributed by atoms with Crippen LogP contribution in [0.1, 0.15) is 62.0 Å². The molecule has 1 aliphatic carbocycles. The van der Waals surface area contributed by atoms with Crippen LogP contribution in [-0.2, 0) is 4.74 Å². The van der Waals surface area contributed by atoms with E-state index in [0.717, 1.165) is 53.7 Å². The molecule has 5 heterocycles. The van der Waals surface area contributed by atoms with Crippen molar-refractivity contribution in [3.63, 3.8) is 0 Å². The maximum absolute atomic E-state index is 10.0. The Bertz CT molecular complexity index is 1270. The molecule has 1 atom stereocenters. The SMILES string of the molecule is C[C@@H](Nc1ncc2c(-c3cnn(C4COC4)c3)cc([C@H]3CC[C@H](O)CC3)n2n1)c1ccccn1. The summed E-state index contributed by atoms with van der Waals surface area (Å²) in [6.45, 7) is 3.47. The standard InChI is InChI=1S/C25H29N7O2/c1-16(22-4-2-3-9-26-22)29-25-27-12-24-21(18-11-28-31(13-18)19-14-34-15-19)10-23(32(24)30-25)17-5-7-20(33)8-6-17/h2-4,9-13,16-17,19-20,33H,5-8,14-15H2,1H3,(H,29,30)/t16-,17-,20-/m1/s1. The van der Waals surface area contributed by atoms with Crippen molar-refractivity contribution in [3.8, 4) is 11.1 Å². The predicted molar refractivity (Wildman–Crippen MR) is 128 cm³/mol. The van der Waals surface area contributed by atoms with Crippen molar-refractivity contribution >= 4 is 11.5 Å². The summed E-state index contributed by atoms with van der Waals surface area (Å²) in [4.78, 5) is 9.08. The Balaban J connectivity index is 1.37. The highest BCUT2D eigenvalue weighted by molar-refractivity contribution is 5.81. The largest absolute Gasteiger partial charge is 0.393 e. The lowest BCUT2D eigenvalue weighted by molar-refractivity contribution is -0.0286. The summed E-state index contributed by atoms with van der Waals surface area (Å²) in [6.07, 6.45) is 11.0. The lowest BCUT2D eigenvalue weighted by atomic mass is 9.85. The second kappa shape index (κ2) is 8.81. The first-order chi connectivity index (χ1) is 16.7. The number of aliphatic hydroxyl groups is 1. The van der Waals surface area contributed by atoms with Crippen LogP contribution in [0.5, 0.6) is 0 Å². The molecule has 9 heteroatoms. The lowest BCUT2D eigenvalue weighted by Crippen LogP contribution is -2.30. The van der Waals surface area contributed by atoms with Crippen LogP contribution >= 0.6 is 0 Å². The Morgan fingerprint density at radius 2 is 1.97 bits per heavy atom. The minimum absolute atomic E-state index is 0.0233. The van der Waals surface area contributed by atoms with Crippen LogP contribution in [0.3, 0.4) is 0 Å². The van der Waals surface area contributed by atoms with Gasteiger partial charge in [-0.05, 0) is 50.8 Å². The molecule has 4 aromatic rings. The third kappa shape index (κ3) is 3.95. The van der Waals surface area contributed by atoms with Gasteiger partial charge in [0.1, 0.15) is 0 Å². The minimum Gasteiger partial charge on any atom is -0.393 e. The van der Waals surface area contributed by atoms with Gasteiger partial charge >= 0.3 is 0 Å². The number of nitrogens with one attached hydrogen (secondary N) is 1. The quantitative estimate of drug-likeness (QED) is 0.453. The monoisotopic (exact) mass is 459 g/mol. The van der Waals surface area contributed by atoms with Crippen molar-refractivity contribution in [2.75, 3.05) is 18.5 Å². The smallest absolute Gasteiger partial charge is 0.241 e. The van der Waals surface area contributed by atoms with Gasteiger partial charge in [-0.15, -0.1) is 5.10 Å². The number of anilines is 1. The first kappa shape index (κ1) is 21.2. The molecule has 176 valence electrons. The summed E-state index contributed by atoms with van der Waals surface area (Å²) in [5, 5.41) is 22.9. The average molecular weight is 460 g/mol. The fourth-order valence-corrected chi connectivity index (χ4v) is 4.93. The van der Waals surface area contributed by atoms with E-state index >= 15 is 0 Å². The molecule has 6 rings (SSSR count). The Labute approximate surface area is 197 Å². The Kier molecular flexibility index (Phi) is 5.50. The molecule has 34 heavy (non-hydrogen) atoms. The zero-order chi connectivity index (χ0) is 23.1. The third-order valence-electron chi connectivity index (χ3n) is 7.04. The van der Waals surface area contributed by atoms with E-state index in [1.165, 1.54) is 0 Å². The molecular formula is C25H29N7O2. The predicted octanol–water partition coefficient (Wildman–Crippen LogP) is 3.75. The summed E-state index contributed by atoms with van der Waals surface area (Å²) < 4.78 is 9.35.